The summed E-state index contributed by atoms with van der Waals surface area (Å²) >= 11 is 12.8. The van der Waals surface area contributed by atoms with Gasteiger partial charge in [-0.1, -0.05) is 47.5 Å². The van der Waals surface area contributed by atoms with Crippen LogP contribution in [0.5, 0.6) is 5.75 Å². The molecule has 1 unspecified atom stereocenters. The molecule has 0 saturated heterocycles. The zero-order valence-corrected chi connectivity index (χ0v) is 23.3. The fourth-order valence-corrected chi connectivity index (χ4v) is 5.97. The molecule has 0 bridgehead atoms. The Morgan fingerprint density at radius 1 is 0.946 bits per heavy atom. The smallest absolute Gasteiger partial charge is 0.280 e. The summed E-state index contributed by atoms with van der Waals surface area (Å²) in [5, 5.41) is 1.21. The standard InChI is InChI=1S/C30H29Cl2N3O2/c1-17(2)34-27-26(33-28(34)22-9-7-8-10-25(22)37-6)29(36)35(24-16-21(32)12-11-18(24)3)30(27,5)23-14-13-20(31)15-19(23)4/h7-17H,1-6H3. The first-order chi connectivity index (χ1) is 17.6. The second kappa shape index (κ2) is 9.23. The second-order valence-electron chi connectivity index (χ2n) is 9.90. The van der Waals surface area contributed by atoms with Crippen LogP contribution in [0.2, 0.25) is 10.0 Å². The highest BCUT2D eigenvalue weighted by Crippen LogP contribution is 2.51. The average molecular weight is 534 g/mol. The summed E-state index contributed by atoms with van der Waals surface area (Å²) in [6.45, 7) is 10.3. The Labute approximate surface area is 227 Å². The molecule has 0 radical (unpaired) electrons. The fraction of sp³-hybridized carbons (Fsp3) is 0.267. The monoisotopic (exact) mass is 533 g/mol. The van der Waals surface area contributed by atoms with Crippen molar-refractivity contribution >= 4 is 34.8 Å². The van der Waals surface area contributed by atoms with Crippen molar-refractivity contribution in [3.05, 3.63) is 98.8 Å². The van der Waals surface area contributed by atoms with Crippen molar-refractivity contribution in [2.45, 2.75) is 46.2 Å². The third-order valence-electron chi connectivity index (χ3n) is 7.21. The Kier molecular flexibility index (Phi) is 6.33. The van der Waals surface area contributed by atoms with Crippen LogP contribution in [0.1, 0.15) is 59.7 Å². The first-order valence-electron chi connectivity index (χ1n) is 12.2. The number of hydrogen-bond acceptors (Lipinski definition) is 3. The zero-order valence-electron chi connectivity index (χ0n) is 21.8. The highest BCUT2D eigenvalue weighted by molar-refractivity contribution is 6.31. The molecule has 1 amide bonds. The van der Waals surface area contributed by atoms with Crippen LogP contribution in [-0.2, 0) is 5.54 Å². The zero-order chi connectivity index (χ0) is 26.6. The van der Waals surface area contributed by atoms with Gasteiger partial charge in [-0.05, 0) is 87.7 Å². The van der Waals surface area contributed by atoms with Gasteiger partial charge in [0.2, 0.25) is 0 Å². The van der Waals surface area contributed by atoms with Gasteiger partial charge in [-0.3, -0.25) is 9.69 Å². The number of benzene rings is 3. The van der Waals surface area contributed by atoms with E-state index in [0.29, 0.717) is 27.3 Å². The first-order valence-corrected chi connectivity index (χ1v) is 13.0. The molecule has 0 N–H and O–H groups in total. The second-order valence-corrected chi connectivity index (χ2v) is 10.8. The van der Waals surface area contributed by atoms with E-state index in [1.807, 2.05) is 79.4 Å². The number of aryl methyl sites for hydroxylation is 2. The van der Waals surface area contributed by atoms with Crippen molar-refractivity contribution in [1.29, 1.82) is 0 Å². The maximum Gasteiger partial charge on any atom is 0.280 e. The molecule has 2 heterocycles. The van der Waals surface area contributed by atoms with E-state index in [9.17, 15) is 4.79 Å². The van der Waals surface area contributed by atoms with E-state index >= 15 is 0 Å². The Hall–Kier alpha value is -3.28. The van der Waals surface area contributed by atoms with Crippen LogP contribution in [0.3, 0.4) is 0 Å². The Balaban J connectivity index is 1.89. The van der Waals surface area contributed by atoms with Crippen LogP contribution in [0.4, 0.5) is 5.69 Å². The van der Waals surface area contributed by atoms with E-state index in [1.54, 1.807) is 7.11 Å². The Morgan fingerprint density at radius 2 is 1.62 bits per heavy atom. The first kappa shape index (κ1) is 25.4. The molecular weight excluding hydrogens is 505 g/mol. The number of nitrogens with zero attached hydrogens (tertiary/aromatic N) is 3. The number of para-hydroxylation sites is 1. The minimum Gasteiger partial charge on any atom is -0.496 e. The maximum absolute atomic E-state index is 14.4. The minimum atomic E-state index is -0.881. The number of methoxy groups -OCH3 is 1. The van der Waals surface area contributed by atoms with Crippen LogP contribution in [-0.4, -0.2) is 22.6 Å². The summed E-state index contributed by atoms with van der Waals surface area (Å²) in [6, 6.07) is 19.2. The summed E-state index contributed by atoms with van der Waals surface area (Å²) < 4.78 is 7.84. The van der Waals surface area contributed by atoms with E-state index in [2.05, 4.69) is 25.3 Å². The van der Waals surface area contributed by atoms with Crippen molar-refractivity contribution in [2.75, 3.05) is 12.0 Å². The largest absolute Gasteiger partial charge is 0.496 e. The number of halogens is 2. The van der Waals surface area contributed by atoms with Gasteiger partial charge in [0.15, 0.2) is 5.69 Å². The van der Waals surface area contributed by atoms with Crippen molar-refractivity contribution in [3.63, 3.8) is 0 Å². The van der Waals surface area contributed by atoms with Gasteiger partial charge in [0.25, 0.3) is 5.91 Å². The molecule has 0 fully saturated rings. The van der Waals surface area contributed by atoms with Crippen LogP contribution in [0, 0.1) is 13.8 Å². The molecule has 0 spiro atoms. The quantitative estimate of drug-likeness (QED) is 0.261. The topological polar surface area (TPSA) is 47.4 Å². The maximum atomic E-state index is 14.4. The summed E-state index contributed by atoms with van der Waals surface area (Å²) in [7, 11) is 1.64. The lowest BCUT2D eigenvalue weighted by molar-refractivity contribution is 0.0980. The average Bonchev–Trinajstić information content (AvgIpc) is 3.36. The normalized spacial score (nSPS) is 17.0. The van der Waals surface area contributed by atoms with E-state index < -0.39 is 5.54 Å². The van der Waals surface area contributed by atoms with E-state index in [-0.39, 0.29) is 11.9 Å². The fourth-order valence-electron chi connectivity index (χ4n) is 5.58. The molecule has 3 aromatic carbocycles. The van der Waals surface area contributed by atoms with Crippen LogP contribution in [0.25, 0.3) is 11.4 Å². The van der Waals surface area contributed by atoms with Crippen molar-refractivity contribution in [3.8, 4) is 17.1 Å². The number of ether oxygens (including phenoxy) is 1. The predicted octanol–water partition coefficient (Wildman–Crippen LogP) is 7.99. The molecule has 190 valence electrons. The molecule has 5 rings (SSSR count). The van der Waals surface area contributed by atoms with Gasteiger partial charge in [0.1, 0.15) is 17.1 Å². The number of carbonyl (C=O) groups excluding carboxylic acids is 1. The SMILES string of the molecule is COc1ccccc1-c1nc2c(n1C(C)C)C(C)(c1ccc(Cl)cc1C)N(c1cc(Cl)ccc1C)C2=O. The molecule has 1 aromatic heterocycles. The molecule has 5 nitrogen and oxygen atoms in total. The van der Waals surface area contributed by atoms with Gasteiger partial charge >= 0.3 is 0 Å². The number of aromatic nitrogens is 2. The summed E-state index contributed by atoms with van der Waals surface area (Å²) in [5.41, 5.74) is 4.86. The van der Waals surface area contributed by atoms with E-state index in [0.717, 1.165) is 33.6 Å². The number of fused-ring (bicyclic) bond motifs is 1. The predicted molar refractivity (Wildman–Crippen MR) is 150 cm³/mol. The number of amides is 1. The molecule has 1 aliphatic rings. The molecule has 1 atom stereocenters. The lowest BCUT2D eigenvalue weighted by Gasteiger charge is -2.39. The van der Waals surface area contributed by atoms with Crippen molar-refractivity contribution in [2.24, 2.45) is 0 Å². The minimum absolute atomic E-state index is 0.0105. The highest BCUT2D eigenvalue weighted by atomic mass is 35.5. The Bertz CT molecular complexity index is 1540. The number of anilines is 1. The number of carbonyl (C=O) groups is 1. The summed E-state index contributed by atoms with van der Waals surface area (Å²) in [5.74, 6) is 1.23. The number of rotatable bonds is 5. The Morgan fingerprint density at radius 3 is 2.30 bits per heavy atom. The lowest BCUT2D eigenvalue weighted by atomic mass is 9.84. The van der Waals surface area contributed by atoms with Gasteiger partial charge in [-0.25, -0.2) is 4.98 Å². The van der Waals surface area contributed by atoms with Gasteiger partial charge in [0.05, 0.1) is 18.4 Å². The van der Waals surface area contributed by atoms with Crippen LogP contribution < -0.4 is 9.64 Å². The van der Waals surface area contributed by atoms with E-state index in [1.165, 1.54) is 0 Å². The number of imidazole rings is 1. The molecular formula is C30H29Cl2N3O2. The van der Waals surface area contributed by atoms with Gasteiger partial charge < -0.3 is 9.30 Å². The lowest BCUT2D eigenvalue weighted by Crippen LogP contribution is -2.45. The highest BCUT2D eigenvalue weighted by Gasteiger charge is 2.54. The summed E-state index contributed by atoms with van der Waals surface area (Å²) in [6.07, 6.45) is 0. The summed E-state index contributed by atoms with van der Waals surface area (Å²) in [4.78, 5) is 21.2. The van der Waals surface area contributed by atoms with Crippen LogP contribution in [0.15, 0.2) is 60.7 Å². The van der Waals surface area contributed by atoms with Gasteiger partial charge in [-0.2, -0.15) is 0 Å². The molecule has 0 saturated carbocycles. The third-order valence-corrected chi connectivity index (χ3v) is 7.68. The van der Waals surface area contributed by atoms with Crippen molar-refractivity contribution in [1.82, 2.24) is 9.55 Å². The molecule has 7 heteroatoms. The van der Waals surface area contributed by atoms with Gasteiger partial charge in [-0.15, -0.1) is 0 Å². The van der Waals surface area contributed by atoms with Gasteiger partial charge in [0, 0.05) is 21.8 Å². The number of hydrogen-bond donors (Lipinski definition) is 0. The third kappa shape index (κ3) is 3.84. The van der Waals surface area contributed by atoms with Crippen molar-refractivity contribution < 1.29 is 9.53 Å². The molecule has 1 aliphatic heterocycles. The molecule has 0 aliphatic carbocycles. The molecule has 37 heavy (non-hydrogen) atoms. The van der Waals surface area contributed by atoms with Crippen LogP contribution >= 0.6 is 23.2 Å². The molecule has 4 aromatic rings. The van der Waals surface area contributed by atoms with E-state index in [4.69, 9.17) is 32.9 Å².